The van der Waals surface area contributed by atoms with Gasteiger partial charge in [0.2, 0.25) is 0 Å². The number of hydrogen-bond acceptors (Lipinski definition) is 2. The average molecular weight is 220 g/mol. The minimum Gasteiger partial charge on any atom is -0.244 e. The topological polar surface area (TPSA) is 25.8 Å². The van der Waals surface area contributed by atoms with E-state index in [4.69, 9.17) is 0 Å². The normalized spacial score (nSPS) is 16.1. The summed E-state index contributed by atoms with van der Waals surface area (Å²) in [5.74, 6) is 0. The van der Waals surface area contributed by atoms with E-state index in [0.29, 0.717) is 0 Å². The van der Waals surface area contributed by atoms with Crippen molar-refractivity contribution in [2.24, 2.45) is 0 Å². The molecule has 0 atom stereocenters. The molecule has 0 aliphatic heterocycles. The Morgan fingerprint density at radius 1 is 0.765 bits per heavy atom. The summed E-state index contributed by atoms with van der Waals surface area (Å²) >= 11 is 0. The quantitative estimate of drug-likeness (QED) is 0.542. The van der Waals surface area contributed by atoms with Crippen LogP contribution in [0.5, 0.6) is 0 Å². The molecule has 0 N–H and O–H groups in total. The molecule has 0 unspecified atom stereocenters. The van der Waals surface area contributed by atoms with Crippen LogP contribution in [0, 0.1) is 0 Å². The highest BCUT2D eigenvalue weighted by molar-refractivity contribution is 5.89. The molecule has 1 aromatic heterocycles. The molecule has 0 radical (unpaired) electrons. The van der Waals surface area contributed by atoms with Crippen molar-refractivity contribution in [1.29, 1.82) is 0 Å². The van der Waals surface area contributed by atoms with Crippen LogP contribution >= 0.6 is 0 Å². The number of rotatable bonds is 0. The van der Waals surface area contributed by atoms with Crippen LogP contribution in [-0.4, -0.2) is 9.97 Å². The lowest BCUT2D eigenvalue weighted by Gasteiger charge is -1.98. The summed E-state index contributed by atoms with van der Waals surface area (Å²) in [6.45, 7) is 4.49. The maximum atomic E-state index is 4.67. The van der Waals surface area contributed by atoms with Gasteiger partial charge in [0.15, 0.2) is 0 Å². The summed E-state index contributed by atoms with van der Waals surface area (Å²) in [6, 6.07) is 12.4. The predicted octanol–water partition coefficient (Wildman–Crippen LogP) is 3.42. The Kier molecular flexibility index (Phi) is 1.42. The van der Waals surface area contributed by atoms with Crippen molar-refractivity contribution in [3.63, 3.8) is 0 Å². The van der Waals surface area contributed by atoms with E-state index in [0.717, 1.165) is 22.1 Å². The van der Waals surface area contributed by atoms with E-state index in [-0.39, 0.29) is 5.41 Å². The molecule has 1 aliphatic carbocycles. The number of benzene rings is 2. The molecule has 1 aliphatic rings. The zero-order valence-electron chi connectivity index (χ0n) is 9.86. The van der Waals surface area contributed by atoms with Gasteiger partial charge in [0.05, 0.1) is 22.1 Å². The van der Waals surface area contributed by atoms with Gasteiger partial charge in [-0.3, -0.25) is 0 Å². The first-order chi connectivity index (χ1) is 8.16. The molecule has 0 spiro atoms. The van der Waals surface area contributed by atoms with Crippen LogP contribution < -0.4 is 0 Å². The SMILES string of the molecule is CC1(C)c2cc3nc4ccccc4nc3cc21. The predicted molar refractivity (Wildman–Crippen MR) is 69.2 cm³/mol. The number of hydrogen-bond donors (Lipinski definition) is 0. The summed E-state index contributed by atoms with van der Waals surface area (Å²) in [7, 11) is 0. The molecule has 2 heteroatoms. The first-order valence-electron chi connectivity index (χ1n) is 5.88. The molecule has 3 aromatic rings. The fraction of sp³-hybridized carbons (Fsp3) is 0.200. The second kappa shape index (κ2) is 2.65. The average Bonchev–Trinajstić information content (AvgIpc) is 2.85. The summed E-state index contributed by atoms with van der Waals surface area (Å²) in [6.07, 6.45) is 0. The maximum absolute atomic E-state index is 4.67. The second-order valence-electron chi connectivity index (χ2n) is 5.22. The van der Waals surface area contributed by atoms with Crippen LogP contribution in [0.1, 0.15) is 25.0 Å². The Hall–Kier alpha value is -1.96. The lowest BCUT2D eigenvalue weighted by atomic mass is 10.1. The highest BCUT2D eigenvalue weighted by Gasteiger charge is 2.41. The van der Waals surface area contributed by atoms with Crippen LogP contribution in [0.4, 0.5) is 0 Å². The third-order valence-electron chi connectivity index (χ3n) is 3.76. The standard InChI is InChI=1S/C15H12N2/c1-15(2)9-7-13-14(8-10(9)15)17-12-6-4-3-5-11(12)16-13/h3-8H,1-2H3. The van der Waals surface area contributed by atoms with E-state index in [2.05, 4.69) is 35.9 Å². The van der Waals surface area contributed by atoms with Crippen molar-refractivity contribution in [3.8, 4) is 0 Å². The van der Waals surface area contributed by atoms with Gasteiger partial charge in [-0.15, -0.1) is 0 Å². The van der Waals surface area contributed by atoms with Gasteiger partial charge >= 0.3 is 0 Å². The molecule has 2 aromatic carbocycles. The van der Waals surface area contributed by atoms with Crippen LogP contribution in [-0.2, 0) is 5.41 Å². The molecule has 0 fully saturated rings. The van der Waals surface area contributed by atoms with Crippen molar-refractivity contribution in [2.75, 3.05) is 0 Å². The van der Waals surface area contributed by atoms with Crippen molar-refractivity contribution in [2.45, 2.75) is 19.3 Å². The van der Waals surface area contributed by atoms with E-state index in [1.165, 1.54) is 11.1 Å². The fourth-order valence-electron chi connectivity index (χ4n) is 2.56. The monoisotopic (exact) mass is 220 g/mol. The Labute approximate surface area is 99.3 Å². The molecule has 17 heavy (non-hydrogen) atoms. The number of fused-ring (bicyclic) bond motifs is 3. The molecule has 4 rings (SSSR count). The Balaban J connectivity index is 2.12. The Morgan fingerprint density at radius 2 is 1.24 bits per heavy atom. The van der Waals surface area contributed by atoms with Gasteiger partial charge in [-0.2, -0.15) is 0 Å². The second-order valence-corrected chi connectivity index (χ2v) is 5.22. The van der Waals surface area contributed by atoms with Gasteiger partial charge in [0.25, 0.3) is 0 Å². The number of nitrogens with zero attached hydrogens (tertiary/aromatic N) is 2. The minimum absolute atomic E-state index is 0.231. The van der Waals surface area contributed by atoms with Gasteiger partial charge in [-0.1, -0.05) is 26.0 Å². The summed E-state index contributed by atoms with van der Waals surface area (Å²) in [5.41, 5.74) is 7.01. The van der Waals surface area contributed by atoms with E-state index in [1.807, 2.05) is 24.3 Å². The van der Waals surface area contributed by atoms with Crippen molar-refractivity contribution in [1.82, 2.24) is 9.97 Å². The zero-order chi connectivity index (χ0) is 11.6. The Morgan fingerprint density at radius 3 is 1.71 bits per heavy atom. The molecule has 0 bridgehead atoms. The van der Waals surface area contributed by atoms with E-state index in [1.54, 1.807) is 0 Å². The summed E-state index contributed by atoms with van der Waals surface area (Å²) in [4.78, 5) is 9.35. The number of aromatic nitrogens is 2. The van der Waals surface area contributed by atoms with Crippen LogP contribution in [0.2, 0.25) is 0 Å². The molecular formula is C15H12N2. The third-order valence-corrected chi connectivity index (χ3v) is 3.76. The lowest BCUT2D eigenvalue weighted by Crippen LogP contribution is -1.89. The Bertz CT molecular complexity index is 708. The van der Waals surface area contributed by atoms with E-state index < -0.39 is 0 Å². The van der Waals surface area contributed by atoms with Crippen LogP contribution in [0.25, 0.3) is 22.1 Å². The molecule has 82 valence electrons. The number of para-hydroxylation sites is 2. The van der Waals surface area contributed by atoms with Gasteiger partial charge in [-0.25, -0.2) is 9.97 Å². The van der Waals surface area contributed by atoms with Gasteiger partial charge in [0, 0.05) is 5.41 Å². The first-order valence-corrected chi connectivity index (χ1v) is 5.88. The van der Waals surface area contributed by atoms with Gasteiger partial charge in [0.1, 0.15) is 0 Å². The molecule has 0 saturated carbocycles. The smallest absolute Gasteiger partial charge is 0.0897 e. The maximum Gasteiger partial charge on any atom is 0.0897 e. The lowest BCUT2D eigenvalue weighted by molar-refractivity contribution is 0.793. The molecule has 0 saturated heterocycles. The van der Waals surface area contributed by atoms with E-state index >= 15 is 0 Å². The van der Waals surface area contributed by atoms with Crippen molar-refractivity contribution < 1.29 is 0 Å². The summed E-state index contributed by atoms with van der Waals surface area (Å²) < 4.78 is 0. The van der Waals surface area contributed by atoms with Crippen molar-refractivity contribution >= 4 is 22.1 Å². The van der Waals surface area contributed by atoms with Crippen LogP contribution in [0.15, 0.2) is 36.4 Å². The fourth-order valence-corrected chi connectivity index (χ4v) is 2.56. The molecule has 1 heterocycles. The molecular weight excluding hydrogens is 208 g/mol. The largest absolute Gasteiger partial charge is 0.244 e. The van der Waals surface area contributed by atoms with Gasteiger partial charge in [-0.05, 0) is 35.4 Å². The van der Waals surface area contributed by atoms with Gasteiger partial charge < -0.3 is 0 Å². The minimum atomic E-state index is 0.231. The van der Waals surface area contributed by atoms with Crippen LogP contribution in [0.3, 0.4) is 0 Å². The highest BCUT2D eigenvalue weighted by Crippen LogP contribution is 2.50. The summed E-state index contributed by atoms with van der Waals surface area (Å²) in [5, 5.41) is 0. The molecule has 2 nitrogen and oxygen atoms in total. The zero-order valence-corrected chi connectivity index (χ0v) is 9.86. The third kappa shape index (κ3) is 1.10. The highest BCUT2D eigenvalue weighted by atomic mass is 14.8. The van der Waals surface area contributed by atoms with Crippen molar-refractivity contribution in [3.05, 3.63) is 47.5 Å². The molecule has 0 amide bonds. The van der Waals surface area contributed by atoms with E-state index in [9.17, 15) is 0 Å². The first kappa shape index (κ1) is 9.11.